The number of benzene rings is 2. The van der Waals surface area contributed by atoms with Gasteiger partial charge < -0.3 is 14.6 Å². The molecule has 0 saturated carbocycles. The summed E-state index contributed by atoms with van der Waals surface area (Å²) in [7, 11) is 1.31. The summed E-state index contributed by atoms with van der Waals surface area (Å²) in [5.41, 5.74) is 1.31. The fraction of sp³-hybridized carbons (Fsp3) is 0.133. The molecule has 2 aromatic carbocycles. The van der Waals surface area contributed by atoms with E-state index in [9.17, 15) is 9.90 Å². The molecule has 0 radical (unpaired) electrons. The van der Waals surface area contributed by atoms with Gasteiger partial charge in [0.25, 0.3) is 0 Å². The second-order valence-electron chi connectivity index (χ2n) is 3.95. The van der Waals surface area contributed by atoms with Gasteiger partial charge in [-0.1, -0.05) is 30.3 Å². The molecule has 4 nitrogen and oxygen atoms in total. The van der Waals surface area contributed by atoms with Crippen LogP contribution in [-0.2, 0) is 11.3 Å². The van der Waals surface area contributed by atoms with Crippen LogP contribution >= 0.6 is 0 Å². The zero-order chi connectivity index (χ0) is 13.7. The first-order valence-corrected chi connectivity index (χ1v) is 5.79. The molecule has 4 heteroatoms. The molecule has 0 heterocycles. The summed E-state index contributed by atoms with van der Waals surface area (Å²) < 4.78 is 10.1. The average molecular weight is 258 g/mol. The highest BCUT2D eigenvalue weighted by molar-refractivity contribution is 5.90. The van der Waals surface area contributed by atoms with E-state index >= 15 is 0 Å². The lowest BCUT2D eigenvalue weighted by molar-refractivity contribution is 0.0600. The zero-order valence-electron chi connectivity index (χ0n) is 10.5. The van der Waals surface area contributed by atoms with Gasteiger partial charge in [-0.25, -0.2) is 4.79 Å². The second kappa shape index (κ2) is 5.91. The molecule has 0 spiro atoms. The fourth-order valence-electron chi connectivity index (χ4n) is 1.61. The Morgan fingerprint density at radius 1 is 1.16 bits per heavy atom. The Morgan fingerprint density at radius 2 is 1.89 bits per heavy atom. The van der Waals surface area contributed by atoms with Crippen LogP contribution in [0, 0.1) is 0 Å². The van der Waals surface area contributed by atoms with Gasteiger partial charge >= 0.3 is 5.97 Å². The molecule has 0 aliphatic carbocycles. The molecular formula is C15H14O4. The minimum absolute atomic E-state index is 0.0106. The number of rotatable bonds is 4. The van der Waals surface area contributed by atoms with Gasteiger partial charge in [-0.15, -0.1) is 0 Å². The number of phenolic OH excluding ortho intramolecular Hbond substituents is 1. The number of carbonyl (C=O) groups excluding carboxylic acids is 1. The van der Waals surface area contributed by atoms with Crippen LogP contribution in [0.25, 0.3) is 0 Å². The molecule has 1 N–H and O–H groups in total. The first kappa shape index (κ1) is 13.0. The molecule has 0 bridgehead atoms. The molecular weight excluding hydrogens is 244 g/mol. The van der Waals surface area contributed by atoms with E-state index in [1.54, 1.807) is 0 Å². The van der Waals surface area contributed by atoms with Crippen LogP contribution in [0.1, 0.15) is 15.9 Å². The van der Waals surface area contributed by atoms with Crippen molar-refractivity contribution < 1.29 is 19.4 Å². The molecule has 0 atom stereocenters. The van der Waals surface area contributed by atoms with Crippen LogP contribution in [0.15, 0.2) is 48.5 Å². The summed E-state index contributed by atoms with van der Waals surface area (Å²) in [5.74, 6) is -0.222. The number of methoxy groups -OCH3 is 1. The number of aromatic hydroxyl groups is 1. The van der Waals surface area contributed by atoms with Crippen LogP contribution in [0.5, 0.6) is 11.5 Å². The van der Waals surface area contributed by atoms with E-state index in [0.29, 0.717) is 12.2 Å². The van der Waals surface area contributed by atoms with E-state index in [0.717, 1.165) is 5.56 Å². The second-order valence-corrected chi connectivity index (χ2v) is 3.95. The van der Waals surface area contributed by atoms with Crippen LogP contribution in [0.3, 0.4) is 0 Å². The van der Waals surface area contributed by atoms with E-state index in [4.69, 9.17) is 4.74 Å². The van der Waals surface area contributed by atoms with Crippen LogP contribution < -0.4 is 4.74 Å². The molecule has 0 amide bonds. The van der Waals surface area contributed by atoms with Crippen molar-refractivity contribution in [1.29, 1.82) is 0 Å². The highest BCUT2D eigenvalue weighted by Crippen LogP contribution is 2.27. The lowest BCUT2D eigenvalue weighted by Gasteiger charge is -2.09. The van der Waals surface area contributed by atoms with Gasteiger partial charge in [0.1, 0.15) is 6.61 Å². The number of ether oxygens (including phenoxy) is 2. The summed E-state index contributed by atoms with van der Waals surface area (Å²) >= 11 is 0. The predicted octanol–water partition coefficient (Wildman–Crippen LogP) is 2.76. The maximum Gasteiger partial charge on any atom is 0.337 e. The van der Waals surface area contributed by atoms with Gasteiger partial charge in [0.2, 0.25) is 0 Å². The van der Waals surface area contributed by atoms with E-state index in [1.165, 1.54) is 25.3 Å². The van der Waals surface area contributed by atoms with Crippen molar-refractivity contribution in [3.63, 3.8) is 0 Å². The fourth-order valence-corrected chi connectivity index (χ4v) is 1.61. The van der Waals surface area contributed by atoms with Crippen molar-refractivity contribution in [1.82, 2.24) is 0 Å². The number of hydrogen-bond donors (Lipinski definition) is 1. The third-order valence-electron chi connectivity index (χ3n) is 2.62. The predicted molar refractivity (Wildman–Crippen MR) is 70.2 cm³/mol. The maximum absolute atomic E-state index is 11.4. The van der Waals surface area contributed by atoms with Gasteiger partial charge in [-0.2, -0.15) is 0 Å². The number of esters is 1. The van der Waals surface area contributed by atoms with Crippen LogP contribution in [-0.4, -0.2) is 18.2 Å². The van der Waals surface area contributed by atoms with E-state index in [2.05, 4.69) is 4.74 Å². The smallest absolute Gasteiger partial charge is 0.337 e. The summed E-state index contributed by atoms with van der Waals surface area (Å²) in [6, 6.07) is 13.9. The third-order valence-corrected chi connectivity index (χ3v) is 2.62. The minimum atomic E-state index is -0.468. The van der Waals surface area contributed by atoms with Crippen molar-refractivity contribution in [3.05, 3.63) is 59.7 Å². The third kappa shape index (κ3) is 3.25. The highest BCUT2D eigenvalue weighted by Gasteiger charge is 2.10. The molecule has 2 aromatic rings. The molecule has 0 aromatic heterocycles. The van der Waals surface area contributed by atoms with Crippen molar-refractivity contribution in [2.45, 2.75) is 6.61 Å². The molecule has 0 unspecified atom stereocenters. The Kier molecular flexibility index (Phi) is 4.03. The Labute approximate surface area is 111 Å². The summed E-state index contributed by atoms with van der Waals surface area (Å²) in [4.78, 5) is 11.4. The standard InChI is InChI=1S/C15H14O4/c1-18-15(17)12-7-8-13(16)14(9-12)19-10-11-5-3-2-4-6-11/h2-9,16H,10H2,1H3. The largest absolute Gasteiger partial charge is 0.504 e. The van der Waals surface area contributed by atoms with Gasteiger partial charge in [0, 0.05) is 0 Å². The van der Waals surface area contributed by atoms with Crippen molar-refractivity contribution in [2.75, 3.05) is 7.11 Å². The Hall–Kier alpha value is -2.49. The Balaban J connectivity index is 2.13. The lowest BCUT2D eigenvalue weighted by Crippen LogP contribution is -2.02. The summed E-state index contributed by atoms with van der Waals surface area (Å²) in [6.07, 6.45) is 0. The van der Waals surface area contributed by atoms with E-state index < -0.39 is 5.97 Å². The van der Waals surface area contributed by atoms with E-state index in [-0.39, 0.29) is 11.5 Å². The monoisotopic (exact) mass is 258 g/mol. The van der Waals surface area contributed by atoms with Crippen molar-refractivity contribution >= 4 is 5.97 Å². The van der Waals surface area contributed by atoms with Crippen molar-refractivity contribution in [2.24, 2.45) is 0 Å². The molecule has 0 saturated heterocycles. The topological polar surface area (TPSA) is 55.8 Å². The summed E-state index contributed by atoms with van der Waals surface area (Å²) in [6.45, 7) is 0.318. The number of carbonyl (C=O) groups is 1. The average Bonchev–Trinajstić information content (AvgIpc) is 2.46. The maximum atomic E-state index is 11.4. The zero-order valence-corrected chi connectivity index (χ0v) is 10.5. The Bertz CT molecular complexity index is 564. The number of hydrogen-bond acceptors (Lipinski definition) is 4. The highest BCUT2D eigenvalue weighted by atomic mass is 16.5. The van der Waals surface area contributed by atoms with Gasteiger partial charge in [0.05, 0.1) is 12.7 Å². The number of phenols is 1. The molecule has 0 aliphatic rings. The summed E-state index contributed by atoms with van der Waals surface area (Å²) in [5, 5.41) is 9.69. The van der Waals surface area contributed by atoms with E-state index in [1.807, 2.05) is 30.3 Å². The molecule has 0 aliphatic heterocycles. The first-order valence-electron chi connectivity index (χ1n) is 5.79. The molecule has 2 rings (SSSR count). The SMILES string of the molecule is COC(=O)c1ccc(O)c(OCc2ccccc2)c1. The van der Waals surface area contributed by atoms with Gasteiger partial charge in [-0.3, -0.25) is 0 Å². The van der Waals surface area contributed by atoms with Gasteiger partial charge in [-0.05, 0) is 23.8 Å². The molecule has 98 valence electrons. The normalized spacial score (nSPS) is 9.95. The lowest BCUT2D eigenvalue weighted by atomic mass is 10.2. The van der Waals surface area contributed by atoms with Crippen LogP contribution in [0.2, 0.25) is 0 Å². The van der Waals surface area contributed by atoms with Crippen molar-refractivity contribution in [3.8, 4) is 11.5 Å². The molecule has 19 heavy (non-hydrogen) atoms. The quantitative estimate of drug-likeness (QED) is 0.857. The molecule has 0 fully saturated rings. The first-order chi connectivity index (χ1) is 9.20. The van der Waals surface area contributed by atoms with Crippen LogP contribution in [0.4, 0.5) is 0 Å². The van der Waals surface area contributed by atoms with Gasteiger partial charge in [0.15, 0.2) is 11.5 Å². The Morgan fingerprint density at radius 3 is 2.58 bits per heavy atom. The minimum Gasteiger partial charge on any atom is -0.504 e.